The Morgan fingerprint density at radius 2 is 2.17 bits per heavy atom. The fourth-order valence-electron chi connectivity index (χ4n) is 1.36. The van der Waals surface area contributed by atoms with Gasteiger partial charge in [-0.2, -0.15) is 0 Å². The van der Waals surface area contributed by atoms with Crippen molar-refractivity contribution in [3.8, 4) is 0 Å². The molecule has 0 unspecified atom stereocenters. The zero-order valence-corrected chi connectivity index (χ0v) is 10.9. The van der Waals surface area contributed by atoms with Gasteiger partial charge in [-0.1, -0.05) is 0 Å². The van der Waals surface area contributed by atoms with Crippen LogP contribution in [0.5, 0.6) is 0 Å². The molecule has 0 saturated carbocycles. The van der Waals surface area contributed by atoms with Gasteiger partial charge in [0.05, 0.1) is 17.0 Å². The zero-order valence-electron chi connectivity index (χ0n) is 10.1. The molecule has 1 aromatic heterocycles. The maximum Gasteiger partial charge on any atom is 0.337 e. The summed E-state index contributed by atoms with van der Waals surface area (Å²) >= 11 is 0. The molecule has 18 heavy (non-hydrogen) atoms. The van der Waals surface area contributed by atoms with Crippen molar-refractivity contribution < 1.29 is 18.3 Å². The van der Waals surface area contributed by atoms with E-state index in [0.717, 1.165) is 6.26 Å². The average molecular weight is 273 g/mol. The number of nitrogen functional groups attached to an aromatic ring is 1. The summed E-state index contributed by atoms with van der Waals surface area (Å²) in [5.74, 6) is -0.937. The highest BCUT2D eigenvalue weighted by molar-refractivity contribution is 7.90. The molecular formula is C10H15N3O4S. The highest BCUT2D eigenvalue weighted by Gasteiger charge is 2.16. The summed E-state index contributed by atoms with van der Waals surface area (Å²) in [4.78, 5) is 16.4. The second-order valence-electron chi connectivity index (χ2n) is 3.95. The van der Waals surface area contributed by atoms with Gasteiger partial charge in [0.1, 0.15) is 9.84 Å². The third kappa shape index (κ3) is 3.59. The Labute approximate surface area is 105 Å². The number of hydrogen-bond acceptors (Lipinski definition) is 6. The molecule has 0 radical (unpaired) electrons. The number of carbonyl (C=O) groups is 1. The van der Waals surface area contributed by atoms with Crippen molar-refractivity contribution in [3.05, 3.63) is 17.8 Å². The lowest BCUT2D eigenvalue weighted by atomic mass is 10.2. The number of aromatic nitrogens is 1. The lowest BCUT2D eigenvalue weighted by molar-refractivity contribution is 0.0698. The third-order valence-corrected chi connectivity index (χ3v) is 3.28. The van der Waals surface area contributed by atoms with Gasteiger partial charge < -0.3 is 15.7 Å². The average Bonchev–Trinajstić information content (AvgIpc) is 2.24. The van der Waals surface area contributed by atoms with Crippen LogP contribution in [-0.4, -0.2) is 50.1 Å². The number of rotatable bonds is 5. The lowest BCUT2D eigenvalue weighted by Crippen LogP contribution is -2.27. The highest BCUT2D eigenvalue weighted by Crippen LogP contribution is 2.22. The monoisotopic (exact) mass is 273 g/mol. The predicted octanol–water partition coefficient (Wildman–Crippen LogP) is -0.157. The largest absolute Gasteiger partial charge is 0.478 e. The van der Waals surface area contributed by atoms with E-state index in [1.165, 1.54) is 17.2 Å². The van der Waals surface area contributed by atoms with Crippen LogP contribution in [0.3, 0.4) is 0 Å². The van der Waals surface area contributed by atoms with Crippen LogP contribution in [0, 0.1) is 0 Å². The SMILES string of the molecule is CN(CCS(C)(=O)=O)c1nccc(C(=O)O)c1N. The van der Waals surface area contributed by atoms with Crippen LogP contribution < -0.4 is 10.6 Å². The molecule has 0 bridgehead atoms. The first-order valence-corrected chi connectivity index (χ1v) is 7.15. The molecule has 7 nitrogen and oxygen atoms in total. The first kappa shape index (κ1) is 14.2. The van der Waals surface area contributed by atoms with Gasteiger partial charge in [0.25, 0.3) is 0 Å². The van der Waals surface area contributed by atoms with Crippen LogP contribution in [0.1, 0.15) is 10.4 Å². The molecule has 1 aromatic rings. The normalized spacial score (nSPS) is 11.2. The summed E-state index contributed by atoms with van der Waals surface area (Å²) in [6, 6.07) is 1.30. The van der Waals surface area contributed by atoms with E-state index in [4.69, 9.17) is 10.8 Å². The number of nitrogens with zero attached hydrogens (tertiary/aromatic N) is 2. The minimum atomic E-state index is -3.09. The Balaban J connectivity index is 2.96. The summed E-state index contributed by atoms with van der Waals surface area (Å²) in [5, 5.41) is 8.91. The van der Waals surface area contributed by atoms with Crippen molar-refractivity contribution in [1.82, 2.24) is 4.98 Å². The zero-order chi connectivity index (χ0) is 13.9. The van der Waals surface area contributed by atoms with Gasteiger partial charge >= 0.3 is 5.97 Å². The van der Waals surface area contributed by atoms with Gasteiger partial charge in [0.2, 0.25) is 0 Å². The molecule has 1 rings (SSSR count). The van der Waals surface area contributed by atoms with Gasteiger partial charge in [-0.25, -0.2) is 18.2 Å². The van der Waals surface area contributed by atoms with Crippen molar-refractivity contribution >= 4 is 27.3 Å². The Morgan fingerprint density at radius 3 is 2.67 bits per heavy atom. The first-order valence-electron chi connectivity index (χ1n) is 5.09. The second kappa shape index (κ2) is 5.21. The van der Waals surface area contributed by atoms with E-state index in [9.17, 15) is 13.2 Å². The van der Waals surface area contributed by atoms with Crippen molar-refractivity contribution in [2.75, 3.05) is 36.2 Å². The third-order valence-electron chi connectivity index (χ3n) is 2.36. The first-order chi connectivity index (χ1) is 8.22. The maximum atomic E-state index is 11.1. The van der Waals surface area contributed by atoms with Gasteiger partial charge in [-0.15, -0.1) is 0 Å². The molecule has 0 aliphatic carbocycles. The summed E-state index contributed by atoms with van der Waals surface area (Å²) in [5.41, 5.74) is 5.67. The molecular weight excluding hydrogens is 258 g/mol. The molecule has 0 spiro atoms. The fourth-order valence-corrected chi connectivity index (χ4v) is 1.97. The number of sulfone groups is 1. The number of pyridine rings is 1. The van der Waals surface area contributed by atoms with Gasteiger partial charge in [-0.3, -0.25) is 0 Å². The number of nitrogens with two attached hydrogens (primary N) is 1. The molecule has 0 aromatic carbocycles. The van der Waals surface area contributed by atoms with E-state index in [-0.39, 0.29) is 29.4 Å². The minimum Gasteiger partial charge on any atom is -0.478 e. The standard InChI is InChI=1S/C10H15N3O4S/c1-13(5-6-18(2,16)17)9-8(11)7(10(14)15)3-4-12-9/h3-4H,5-6,11H2,1-2H3,(H,14,15). The van der Waals surface area contributed by atoms with Crippen LogP contribution in [0.4, 0.5) is 11.5 Å². The van der Waals surface area contributed by atoms with Crippen molar-refractivity contribution in [2.45, 2.75) is 0 Å². The van der Waals surface area contributed by atoms with Crippen molar-refractivity contribution in [3.63, 3.8) is 0 Å². The van der Waals surface area contributed by atoms with Gasteiger partial charge in [-0.05, 0) is 6.07 Å². The van der Waals surface area contributed by atoms with Crippen LogP contribution in [0.25, 0.3) is 0 Å². The van der Waals surface area contributed by atoms with Crippen LogP contribution in [0.15, 0.2) is 12.3 Å². The van der Waals surface area contributed by atoms with E-state index >= 15 is 0 Å². The van der Waals surface area contributed by atoms with Gasteiger partial charge in [0, 0.05) is 26.0 Å². The van der Waals surface area contributed by atoms with Crippen LogP contribution >= 0.6 is 0 Å². The molecule has 8 heteroatoms. The lowest BCUT2D eigenvalue weighted by Gasteiger charge is -2.19. The van der Waals surface area contributed by atoms with Gasteiger partial charge in [0.15, 0.2) is 5.82 Å². The molecule has 1 heterocycles. The predicted molar refractivity (Wildman–Crippen MR) is 68.6 cm³/mol. The number of carboxylic acids is 1. The molecule has 0 aliphatic rings. The topological polar surface area (TPSA) is 114 Å². The number of aromatic carboxylic acids is 1. The maximum absolute atomic E-state index is 11.1. The second-order valence-corrected chi connectivity index (χ2v) is 6.21. The number of hydrogen-bond donors (Lipinski definition) is 2. The summed E-state index contributed by atoms with van der Waals surface area (Å²) in [6.07, 6.45) is 2.46. The molecule has 0 saturated heterocycles. The Bertz CT molecular complexity index is 556. The van der Waals surface area contributed by atoms with Crippen molar-refractivity contribution in [1.29, 1.82) is 0 Å². The Kier molecular flexibility index (Phi) is 4.12. The molecule has 100 valence electrons. The van der Waals surface area contributed by atoms with E-state index in [1.54, 1.807) is 7.05 Å². The molecule has 3 N–H and O–H groups in total. The van der Waals surface area contributed by atoms with E-state index < -0.39 is 15.8 Å². The summed E-state index contributed by atoms with van der Waals surface area (Å²) in [7, 11) is -1.49. The summed E-state index contributed by atoms with van der Waals surface area (Å²) < 4.78 is 22.1. The quantitative estimate of drug-likeness (QED) is 0.766. The molecule has 0 fully saturated rings. The minimum absolute atomic E-state index is 0.0287. The molecule has 0 aliphatic heterocycles. The Morgan fingerprint density at radius 1 is 1.56 bits per heavy atom. The van der Waals surface area contributed by atoms with Crippen LogP contribution in [-0.2, 0) is 9.84 Å². The fraction of sp³-hybridized carbons (Fsp3) is 0.400. The van der Waals surface area contributed by atoms with E-state index in [1.807, 2.05) is 0 Å². The van der Waals surface area contributed by atoms with Crippen LogP contribution in [0.2, 0.25) is 0 Å². The van der Waals surface area contributed by atoms with E-state index in [0.29, 0.717) is 0 Å². The molecule has 0 atom stereocenters. The smallest absolute Gasteiger partial charge is 0.337 e. The Hall–Kier alpha value is -1.83. The number of anilines is 2. The number of carboxylic acid groups (broad SMARTS) is 1. The van der Waals surface area contributed by atoms with E-state index in [2.05, 4.69) is 4.98 Å². The molecule has 0 amide bonds. The summed E-state index contributed by atoms with van der Waals surface area (Å²) in [6.45, 7) is 0.194. The highest BCUT2D eigenvalue weighted by atomic mass is 32.2. The van der Waals surface area contributed by atoms with Crippen molar-refractivity contribution in [2.24, 2.45) is 0 Å².